The number of nitrogens with one attached hydrogen (secondary N) is 1. The molecule has 2 unspecified atom stereocenters. The third-order valence-corrected chi connectivity index (χ3v) is 5.72. The van der Waals surface area contributed by atoms with Crippen LogP contribution in [0.25, 0.3) is 0 Å². The second-order valence-electron chi connectivity index (χ2n) is 7.69. The molecule has 1 saturated heterocycles. The Hall–Kier alpha value is -0.570. The first-order valence-corrected chi connectivity index (χ1v) is 9.03. The Bertz CT molecular complexity index is 360. The molecule has 1 aliphatic heterocycles. The van der Waals surface area contributed by atoms with E-state index in [2.05, 4.69) is 44.8 Å². The molecule has 2 aliphatic rings. The lowest BCUT2D eigenvalue weighted by Crippen LogP contribution is -2.48. The highest BCUT2D eigenvalue weighted by molar-refractivity contribution is 5.88. The van der Waals surface area contributed by atoms with Gasteiger partial charge in [-0.1, -0.05) is 40.5 Å². The van der Waals surface area contributed by atoms with Gasteiger partial charge in [0.2, 0.25) is 5.91 Å². The lowest BCUT2D eigenvalue weighted by molar-refractivity contribution is -0.136. The van der Waals surface area contributed by atoms with Crippen molar-refractivity contribution in [2.45, 2.75) is 97.3 Å². The average molecular weight is 294 g/mol. The molecule has 2 fully saturated rings. The third-order valence-electron chi connectivity index (χ3n) is 5.72. The van der Waals surface area contributed by atoms with Crippen molar-refractivity contribution < 1.29 is 4.79 Å². The highest BCUT2D eigenvalue weighted by Crippen LogP contribution is 2.36. The molecule has 1 aliphatic carbocycles. The second-order valence-corrected chi connectivity index (χ2v) is 7.69. The molecule has 0 aromatic heterocycles. The van der Waals surface area contributed by atoms with Crippen LogP contribution in [0.1, 0.15) is 79.6 Å². The molecular weight excluding hydrogens is 260 g/mol. The second kappa shape index (κ2) is 6.68. The van der Waals surface area contributed by atoms with Crippen molar-refractivity contribution >= 4 is 5.91 Å². The third kappa shape index (κ3) is 3.28. The van der Waals surface area contributed by atoms with Gasteiger partial charge in [-0.15, -0.1) is 0 Å². The van der Waals surface area contributed by atoms with Gasteiger partial charge in [-0.05, 0) is 50.9 Å². The molecule has 0 bridgehead atoms. The van der Waals surface area contributed by atoms with Crippen LogP contribution in [0.15, 0.2) is 0 Å². The zero-order valence-corrected chi connectivity index (χ0v) is 14.6. The SMILES string of the molecule is CCCC1CCC(N2C(=O)C(C)(CC)NC2C(C)C)CC1. The molecule has 0 radical (unpaired) electrons. The van der Waals surface area contributed by atoms with E-state index in [0.29, 0.717) is 17.9 Å². The summed E-state index contributed by atoms with van der Waals surface area (Å²) >= 11 is 0. The van der Waals surface area contributed by atoms with E-state index in [1.807, 2.05) is 0 Å². The van der Waals surface area contributed by atoms with Crippen LogP contribution < -0.4 is 5.32 Å². The fourth-order valence-corrected chi connectivity index (χ4v) is 4.12. The van der Waals surface area contributed by atoms with Gasteiger partial charge in [0.05, 0.1) is 11.7 Å². The number of hydrogen-bond acceptors (Lipinski definition) is 2. The zero-order chi connectivity index (χ0) is 15.6. The van der Waals surface area contributed by atoms with Crippen LogP contribution in [0.4, 0.5) is 0 Å². The molecule has 0 aromatic carbocycles. The highest BCUT2D eigenvalue weighted by atomic mass is 16.2. The minimum Gasteiger partial charge on any atom is -0.322 e. The molecule has 21 heavy (non-hydrogen) atoms. The molecule has 3 nitrogen and oxygen atoms in total. The minimum absolute atomic E-state index is 0.218. The molecule has 0 spiro atoms. The first-order chi connectivity index (χ1) is 9.92. The molecule has 3 heteroatoms. The molecule has 1 N–H and O–H groups in total. The lowest BCUT2D eigenvalue weighted by Gasteiger charge is -2.39. The lowest BCUT2D eigenvalue weighted by atomic mass is 9.82. The Morgan fingerprint density at radius 3 is 2.33 bits per heavy atom. The average Bonchev–Trinajstić information content (AvgIpc) is 2.74. The summed E-state index contributed by atoms with van der Waals surface area (Å²) in [5, 5.41) is 3.63. The Balaban J connectivity index is 2.08. The fraction of sp³-hybridized carbons (Fsp3) is 0.944. The summed E-state index contributed by atoms with van der Waals surface area (Å²) < 4.78 is 0. The summed E-state index contributed by atoms with van der Waals surface area (Å²) in [6.45, 7) is 10.9. The Morgan fingerprint density at radius 1 is 1.24 bits per heavy atom. The van der Waals surface area contributed by atoms with E-state index in [1.54, 1.807) is 0 Å². The summed E-state index contributed by atoms with van der Waals surface area (Å²) in [6, 6.07) is 0.457. The largest absolute Gasteiger partial charge is 0.322 e. The number of carbonyl (C=O) groups excluding carboxylic acids is 1. The van der Waals surface area contributed by atoms with Crippen molar-refractivity contribution in [2.24, 2.45) is 11.8 Å². The van der Waals surface area contributed by atoms with Crippen LogP contribution in [0, 0.1) is 11.8 Å². The Kier molecular flexibility index (Phi) is 5.34. The van der Waals surface area contributed by atoms with Crippen molar-refractivity contribution in [1.29, 1.82) is 0 Å². The van der Waals surface area contributed by atoms with E-state index >= 15 is 0 Å². The van der Waals surface area contributed by atoms with E-state index in [-0.39, 0.29) is 11.7 Å². The maximum atomic E-state index is 12.9. The predicted octanol–water partition coefficient (Wildman–Crippen LogP) is 3.93. The van der Waals surface area contributed by atoms with Crippen LogP contribution in [0.3, 0.4) is 0 Å². The maximum Gasteiger partial charge on any atom is 0.244 e. The summed E-state index contributed by atoms with van der Waals surface area (Å²) in [7, 11) is 0. The zero-order valence-electron chi connectivity index (χ0n) is 14.6. The van der Waals surface area contributed by atoms with Gasteiger partial charge in [-0.3, -0.25) is 10.1 Å². The van der Waals surface area contributed by atoms with Gasteiger partial charge in [0.25, 0.3) is 0 Å². The van der Waals surface area contributed by atoms with Crippen LogP contribution in [-0.4, -0.2) is 28.6 Å². The first kappa shape index (κ1) is 16.8. The molecular formula is C18H34N2O. The van der Waals surface area contributed by atoms with Gasteiger partial charge in [0.1, 0.15) is 0 Å². The standard InChI is InChI=1S/C18H34N2O/c1-6-8-14-9-11-15(12-10-14)20-16(13(3)4)19-18(5,7-2)17(20)21/h13-16,19H,6-12H2,1-5H3. The number of rotatable bonds is 5. The quantitative estimate of drug-likeness (QED) is 0.833. The van der Waals surface area contributed by atoms with Crippen molar-refractivity contribution in [3.8, 4) is 0 Å². The van der Waals surface area contributed by atoms with Gasteiger partial charge < -0.3 is 4.90 Å². The van der Waals surface area contributed by atoms with Gasteiger partial charge in [-0.25, -0.2) is 0 Å². The molecule has 1 heterocycles. The van der Waals surface area contributed by atoms with E-state index in [1.165, 1.54) is 38.5 Å². The number of hydrogen-bond donors (Lipinski definition) is 1. The molecule has 2 rings (SSSR count). The van der Waals surface area contributed by atoms with Crippen molar-refractivity contribution in [2.75, 3.05) is 0 Å². The van der Waals surface area contributed by atoms with E-state index in [4.69, 9.17) is 0 Å². The number of nitrogens with zero attached hydrogens (tertiary/aromatic N) is 1. The smallest absolute Gasteiger partial charge is 0.244 e. The highest BCUT2D eigenvalue weighted by Gasteiger charge is 2.50. The molecule has 2 atom stereocenters. The summed E-state index contributed by atoms with van der Waals surface area (Å²) in [4.78, 5) is 15.2. The van der Waals surface area contributed by atoms with E-state index in [9.17, 15) is 4.79 Å². The molecule has 122 valence electrons. The van der Waals surface area contributed by atoms with Crippen molar-refractivity contribution in [3.63, 3.8) is 0 Å². The van der Waals surface area contributed by atoms with Crippen LogP contribution >= 0.6 is 0 Å². The molecule has 1 saturated carbocycles. The number of amides is 1. The monoisotopic (exact) mass is 294 g/mol. The molecule has 1 amide bonds. The number of carbonyl (C=O) groups is 1. The Labute approximate surface area is 130 Å². The Morgan fingerprint density at radius 2 is 1.86 bits per heavy atom. The van der Waals surface area contributed by atoms with E-state index in [0.717, 1.165) is 12.3 Å². The summed E-state index contributed by atoms with van der Waals surface area (Å²) in [5.41, 5.74) is -0.352. The first-order valence-electron chi connectivity index (χ1n) is 9.03. The predicted molar refractivity (Wildman–Crippen MR) is 88.0 cm³/mol. The van der Waals surface area contributed by atoms with Gasteiger partial charge in [-0.2, -0.15) is 0 Å². The van der Waals surface area contributed by atoms with E-state index < -0.39 is 0 Å². The normalized spacial score (nSPS) is 37.5. The summed E-state index contributed by atoms with van der Waals surface area (Å²) in [6.07, 6.45) is 8.74. The van der Waals surface area contributed by atoms with Crippen molar-refractivity contribution in [1.82, 2.24) is 10.2 Å². The van der Waals surface area contributed by atoms with Crippen LogP contribution in [-0.2, 0) is 4.79 Å². The van der Waals surface area contributed by atoms with Crippen LogP contribution in [0.5, 0.6) is 0 Å². The van der Waals surface area contributed by atoms with Crippen LogP contribution in [0.2, 0.25) is 0 Å². The molecule has 0 aromatic rings. The fourth-order valence-electron chi connectivity index (χ4n) is 4.12. The van der Waals surface area contributed by atoms with Crippen molar-refractivity contribution in [3.05, 3.63) is 0 Å². The summed E-state index contributed by atoms with van der Waals surface area (Å²) in [5.74, 6) is 1.70. The topological polar surface area (TPSA) is 32.3 Å². The van der Waals surface area contributed by atoms with Gasteiger partial charge >= 0.3 is 0 Å². The minimum atomic E-state index is -0.352. The maximum absolute atomic E-state index is 12.9. The van der Waals surface area contributed by atoms with Gasteiger partial charge in [0.15, 0.2) is 0 Å². The van der Waals surface area contributed by atoms with Gasteiger partial charge in [0, 0.05) is 6.04 Å².